The van der Waals surface area contributed by atoms with E-state index in [1.807, 2.05) is 13.8 Å². The summed E-state index contributed by atoms with van der Waals surface area (Å²) in [4.78, 5) is 11.9. The minimum Gasteiger partial charge on any atom is -0.299 e. The molecule has 0 aliphatic rings. The molecule has 0 unspecified atom stereocenters. The molecule has 0 fully saturated rings. The molecule has 1 nitrogen and oxygen atoms in total. The van der Waals surface area contributed by atoms with Crippen LogP contribution in [0.1, 0.15) is 79.6 Å². The fourth-order valence-electron chi connectivity index (χ4n) is 1.88. The minimum atomic E-state index is 0.172. The van der Waals surface area contributed by atoms with Crippen LogP contribution < -0.4 is 0 Å². The normalized spacial score (nSPS) is 12.8. The number of carbonyl (C=O) groups excluding carboxylic acids is 1. The van der Waals surface area contributed by atoms with Gasteiger partial charge in [0.2, 0.25) is 0 Å². The molecule has 0 aliphatic carbocycles. The van der Waals surface area contributed by atoms with E-state index in [-0.39, 0.29) is 5.92 Å². The summed E-state index contributed by atoms with van der Waals surface area (Å²) in [7, 11) is 0. The lowest BCUT2D eigenvalue weighted by Crippen LogP contribution is -2.09. The first kappa shape index (κ1) is 16.4. The van der Waals surface area contributed by atoms with Crippen molar-refractivity contribution in [3.05, 3.63) is 11.1 Å². The number of hydrogen-bond donors (Lipinski definition) is 0. The van der Waals surface area contributed by atoms with Gasteiger partial charge >= 0.3 is 0 Å². The number of rotatable bonds is 9. The number of carbonyl (C=O) groups is 1. The Kier molecular flexibility index (Phi) is 9.11. The molecule has 17 heavy (non-hydrogen) atoms. The first-order chi connectivity index (χ1) is 8.02. The summed E-state index contributed by atoms with van der Waals surface area (Å²) in [5.41, 5.74) is 2.88. The zero-order valence-corrected chi connectivity index (χ0v) is 12.4. The third-order valence-corrected chi connectivity index (χ3v) is 3.37. The Labute approximate surface area is 108 Å². The summed E-state index contributed by atoms with van der Waals surface area (Å²) < 4.78 is 0. The lowest BCUT2D eigenvalue weighted by molar-refractivity contribution is -0.121. The minimum absolute atomic E-state index is 0.172. The maximum atomic E-state index is 11.9. The van der Waals surface area contributed by atoms with Crippen LogP contribution in [0.25, 0.3) is 0 Å². The first-order valence-electron chi connectivity index (χ1n) is 7.23. The monoisotopic (exact) mass is 238 g/mol. The van der Waals surface area contributed by atoms with Gasteiger partial charge in [0.25, 0.3) is 0 Å². The lowest BCUT2D eigenvalue weighted by Gasteiger charge is -2.13. The van der Waals surface area contributed by atoms with Crippen molar-refractivity contribution in [3.8, 4) is 0 Å². The van der Waals surface area contributed by atoms with Crippen LogP contribution >= 0.6 is 0 Å². The standard InChI is InChI=1S/C16H30O/c1-6-8-10-14(5)15(11-9-7-2)12-16(17)13(3)4/h13H,6-12H2,1-5H3/b15-14+. The third kappa shape index (κ3) is 7.36. The summed E-state index contributed by atoms with van der Waals surface area (Å²) in [6.07, 6.45) is 7.87. The molecule has 0 aromatic rings. The van der Waals surface area contributed by atoms with Gasteiger partial charge in [0.1, 0.15) is 5.78 Å². The van der Waals surface area contributed by atoms with Crippen molar-refractivity contribution < 1.29 is 4.79 Å². The first-order valence-corrected chi connectivity index (χ1v) is 7.23. The van der Waals surface area contributed by atoms with Gasteiger partial charge in [-0.1, -0.05) is 51.7 Å². The molecular weight excluding hydrogens is 208 g/mol. The van der Waals surface area contributed by atoms with Crippen LogP contribution in [0, 0.1) is 5.92 Å². The molecule has 0 radical (unpaired) electrons. The maximum Gasteiger partial charge on any atom is 0.139 e. The molecule has 0 rings (SSSR count). The summed E-state index contributed by atoms with van der Waals surface area (Å²) in [6, 6.07) is 0. The molecule has 0 aromatic carbocycles. The summed E-state index contributed by atoms with van der Waals surface area (Å²) in [5.74, 6) is 0.567. The number of allylic oxidation sites excluding steroid dienone is 2. The predicted molar refractivity (Wildman–Crippen MR) is 76.2 cm³/mol. The molecular formula is C16H30O. The van der Waals surface area contributed by atoms with Gasteiger partial charge in [-0.2, -0.15) is 0 Å². The Hall–Kier alpha value is -0.590. The van der Waals surface area contributed by atoms with Crippen molar-refractivity contribution in [1.29, 1.82) is 0 Å². The third-order valence-electron chi connectivity index (χ3n) is 3.37. The van der Waals surface area contributed by atoms with Gasteiger partial charge in [-0.25, -0.2) is 0 Å². The van der Waals surface area contributed by atoms with Crippen LogP contribution in [-0.2, 0) is 4.79 Å². The topological polar surface area (TPSA) is 17.1 Å². The van der Waals surface area contributed by atoms with Gasteiger partial charge in [-0.05, 0) is 32.6 Å². The molecule has 100 valence electrons. The van der Waals surface area contributed by atoms with Crippen LogP contribution in [-0.4, -0.2) is 5.78 Å². The van der Waals surface area contributed by atoms with Crippen molar-refractivity contribution in [2.45, 2.75) is 79.6 Å². The average Bonchev–Trinajstić information content (AvgIpc) is 2.30. The molecule has 0 saturated carbocycles. The molecule has 0 aromatic heterocycles. The van der Waals surface area contributed by atoms with E-state index in [4.69, 9.17) is 0 Å². The van der Waals surface area contributed by atoms with E-state index in [9.17, 15) is 4.79 Å². The molecule has 0 atom stereocenters. The van der Waals surface area contributed by atoms with E-state index >= 15 is 0 Å². The molecule has 0 saturated heterocycles. The molecule has 0 heterocycles. The molecule has 0 spiro atoms. The lowest BCUT2D eigenvalue weighted by atomic mass is 9.92. The highest BCUT2D eigenvalue weighted by molar-refractivity contribution is 5.82. The van der Waals surface area contributed by atoms with Crippen molar-refractivity contribution >= 4 is 5.78 Å². The second kappa shape index (κ2) is 9.44. The van der Waals surface area contributed by atoms with Crippen LogP contribution in [0.15, 0.2) is 11.1 Å². The van der Waals surface area contributed by atoms with Gasteiger partial charge in [0, 0.05) is 12.3 Å². The number of unbranched alkanes of at least 4 members (excludes halogenated alkanes) is 2. The van der Waals surface area contributed by atoms with Crippen molar-refractivity contribution in [2.24, 2.45) is 5.92 Å². The number of Topliss-reactive ketones (excluding diaryl/α,β-unsaturated/α-hetero) is 1. The summed E-state index contributed by atoms with van der Waals surface area (Å²) in [6.45, 7) is 10.7. The van der Waals surface area contributed by atoms with Crippen molar-refractivity contribution in [3.63, 3.8) is 0 Å². The van der Waals surface area contributed by atoms with Crippen LogP contribution in [0.2, 0.25) is 0 Å². The zero-order valence-electron chi connectivity index (χ0n) is 12.4. The van der Waals surface area contributed by atoms with E-state index in [1.165, 1.54) is 43.3 Å². The van der Waals surface area contributed by atoms with Crippen LogP contribution in [0.4, 0.5) is 0 Å². The van der Waals surface area contributed by atoms with Gasteiger partial charge in [0.05, 0.1) is 0 Å². The van der Waals surface area contributed by atoms with E-state index in [1.54, 1.807) is 0 Å². The van der Waals surface area contributed by atoms with Gasteiger partial charge in [-0.15, -0.1) is 0 Å². The molecule has 0 aliphatic heterocycles. The van der Waals surface area contributed by atoms with Gasteiger partial charge in [0.15, 0.2) is 0 Å². The van der Waals surface area contributed by atoms with E-state index < -0.39 is 0 Å². The fourth-order valence-corrected chi connectivity index (χ4v) is 1.88. The van der Waals surface area contributed by atoms with E-state index in [2.05, 4.69) is 20.8 Å². The Morgan fingerprint density at radius 2 is 1.53 bits per heavy atom. The number of hydrogen-bond acceptors (Lipinski definition) is 1. The zero-order chi connectivity index (χ0) is 13.3. The van der Waals surface area contributed by atoms with Crippen LogP contribution in [0.3, 0.4) is 0 Å². The van der Waals surface area contributed by atoms with E-state index in [0.29, 0.717) is 12.2 Å². The molecule has 0 bridgehead atoms. The fraction of sp³-hybridized carbons (Fsp3) is 0.812. The number of ketones is 1. The van der Waals surface area contributed by atoms with Gasteiger partial charge in [-0.3, -0.25) is 4.79 Å². The second-order valence-electron chi connectivity index (χ2n) is 5.39. The Morgan fingerprint density at radius 1 is 1.00 bits per heavy atom. The highest BCUT2D eigenvalue weighted by atomic mass is 16.1. The predicted octanol–water partition coefficient (Wildman–Crippen LogP) is 5.30. The molecule has 0 amide bonds. The summed E-state index contributed by atoms with van der Waals surface area (Å²) in [5, 5.41) is 0. The quantitative estimate of drug-likeness (QED) is 0.498. The van der Waals surface area contributed by atoms with Crippen molar-refractivity contribution in [1.82, 2.24) is 0 Å². The van der Waals surface area contributed by atoms with Crippen LogP contribution in [0.5, 0.6) is 0 Å². The van der Waals surface area contributed by atoms with E-state index in [0.717, 1.165) is 6.42 Å². The van der Waals surface area contributed by atoms with Crippen molar-refractivity contribution in [2.75, 3.05) is 0 Å². The highest BCUT2D eigenvalue weighted by Gasteiger charge is 2.12. The smallest absolute Gasteiger partial charge is 0.139 e. The average molecular weight is 238 g/mol. The maximum absolute atomic E-state index is 11.9. The molecule has 0 N–H and O–H groups in total. The Morgan fingerprint density at radius 3 is 2.00 bits per heavy atom. The highest BCUT2D eigenvalue weighted by Crippen LogP contribution is 2.22. The van der Waals surface area contributed by atoms with Gasteiger partial charge < -0.3 is 0 Å². The SMILES string of the molecule is CCCC/C(C)=C(\CCCC)CC(=O)C(C)C. The Balaban J connectivity index is 4.55. The Bertz CT molecular complexity index is 248. The summed E-state index contributed by atoms with van der Waals surface area (Å²) >= 11 is 0. The largest absolute Gasteiger partial charge is 0.299 e. The second-order valence-corrected chi connectivity index (χ2v) is 5.39. The molecule has 1 heteroatoms.